The van der Waals surface area contributed by atoms with Crippen molar-refractivity contribution in [1.82, 2.24) is 9.97 Å². The smallest absolute Gasteiger partial charge is 0.147 e. The van der Waals surface area contributed by atoms with E-state index in [1.807, 2.05) is 24.3 Å². The molecule has 0 saturated carbocycles. The molecular weight excluding hydrogens is 166 g/mol. The molecule has 66 valence electrons. The fourth-order valence-corrected chi connectivity index (χ4v) is 1.22. The van der Waals surface area contributed by atoms with Crippen LogP contribution in [0.15, 0.2) is 29.4 Å². The third-order valence-electron chi connectivity index (χ3n) is 1.96. The number of nitroso groups, excluding NO2 is 1. The van der Waals surface area contributed by atoms with Gasteiger partial charge in [0, 0.05) is 0 Å². The summed E-state index contributed by atoms with van der Waals surface area (Å²) in [7, 11) is 0. The number of nitrogens with zero attached hydrogens (tertiary/aromatic N) is 2. The van der Waals surface area contributed by atoms with Gasteiger partial charge >= 0.3 is 0 Å². The molecular formula is C9H9N3O. The third kappa shape index (κ3) is 1.30. The number of imidazole rings is 1. The minimum Gasteiger partial charge on any atom is -0.340 e. The highest BCUT2D eigenvalue weighted by Gasteiger charge is 2.09. The number of fused-ring (bicyclic) bond motifs is 1. The molecule has 1 aromatic heterocycles. The van der Waals surface area contributed by atoms with Crippen LogP contribution in [0.2, 0.25) is 0 Å². The van der Waals surface area contributed by atoms with Gasteiger partial charge in [-0.2, -0.15) is 4.91 Å². The van der Waals surface area contributed by atoms with Crippen molar-refractivity contribution in [2.75, 3.05) is 0 Å². The van der Waals surface area contributed by atoms with E-state index in [1.54, 1.807) is 6.92 Å². The highest BCUT2D eigenvalue weighted by molar-refractivity contribution is 5.74. The zero-order chi connectivity index (χ0) is 9.26. The predicted molar refractivity (Wildman–Crippen MR) is 50.3 cm³/mol. The Balaban J connectivity index is 2.55. The minimum atomic E-state index is -0.410. The van der Waals surface area contributed by atoms with Crippen molar-refractivity contribution in [2.45, 2.75) is 13.0 Å². The monoisotopic (exact) mass is 175 g/mol. The molecule has 0 bridgehead atoms. The molecule has 4 heteroatoms. The summed E-state index contributed by atoms with van der Waals surface area (Å²) in [5.74, 6) is 0.621. The number of hydrogen-bond acceptors (Lipinski definition) is 3. The van der Waals surface area contributed by atoms with E-state index in [0.717, 1.165) is 11.0 Å². The van der Waals surface area contributed by atoms with Gasteiger partial charge in [-0.15, -0.1) is 0 Å². The van der Waals surface area contributed by atoms with Crippen molar-refractivity contribution in [3.63, 3.8) is 0 Å². The molecule has 2 rings (SSSR count). The Morgan fingerprint density at radius 3 is 2.92 bits per heavy atom. The van der Waals surface area contributed by atoms with Crippen molar-refractivity contribution in [3.8, 4) is 0 Å². The van der Waals surface area contributed by atoms with Crippen LogP contribution in [0.5, 0.6) is 0 Å². The highest BCUT2D eigenvalue weighted by Crippen LogP contribution is 2.17. The van der Waals surface area contributed by atoms with Crippen molar-refractivity contribution >= 4 is 11.0 Å². The SMILES string of the molecule is CC(N=O)c1nc2ccccc2[nH]1. The molecule has 0 saturated heterocycles. The van der Waals surface area contributed by atoms with Crippen molar-refractivity contribution in [3.05, 3.63) is 35.0 Å². The molecule has 1 heterocycles. The lowest BCUT2D eigenvalue weighted by Gasteiger charge is -1.93. The second-order valence-corrected chi connectivity index (χ2v) is 2.92. The second-order valence-electron chi connectivity index (χ2n) is 2.92. The molecule has 1 unspecified atom stereocenters. The zero-order valence-electron chi connectivity index (χ0n) is 7.19. The standard InChI is InChI=1S/C9H9N3O/c1-6(12-13)9-10-7-4-2-3-5-8(7)11-9/h2-6H,1H3,(H,10,11). The first kappa shape index (κ1) is 7.91. The lowest BCUT2D eigenvalue weighted by Crippen LogP contribution is -1.90. The molecule has 0 amide bonds. The first-order chi connectivity index (χ1) is 6.31. The van der Waals surface area contributed by atoms with Crippen LogP contribution in [0, 0.1) is 4.91 Å². The molecule has 0 aliphatic rings. The fourth-order valence-electron chi connectivity index (χ4n) is 1.22. The molecule has 1 aromatic carbocycles. The Bertz CT molecular complexity index is 402. The minimum absolute atomic E-state index is 0.410. The van der Waals surface area contributed by atoms with Gasteiger partial charge in [-0.05, 0) is 19.1 Å². The van der Waals surface area contributed by atoms with E-state index in [9.17, 15) is 4.91 Å². The largest absolute Gasteiger partial charge is 0.340 e. The van der Waals surface area contributed by atoms with E-state index in [0.29, 0.717) is 5.82 Å². The Labute approximate surface area is 75.0 Å². The van der Waals surface area contributed by atoms with Gasteiger partial charge in [0.25, 0.3) is 0 Å². The van der Waals surface area contributed by atoms with E-state index >= 15 is 0 Å². The Morgan fingerprint density at radius 1 is 1.46 bits per heavy atom. The summed E-state index contributed by atoms with van der Waals surface area (Å²) in [5.41, 5.74) is 1.81. The maximum Gasteiger partial charge on any atom is 0.147 e. The molecule has 0 aliphatic heterocycles. The van der Waals surface area contributed by atoms with E-state index < -0.39 is 6.04 Å². The maximum absolute atomic E-state index is 10.3. The number of H-pyrrole nitrogens is 1. The van der Waals surface area contributed by atoms with E-state index in [1.165, 1.54) is 0 Å². The molecule has 4 nitrogen and oxygen atoms in total. The van der Waals surface area contributed by atoms with Crippen molar-refractivity contribution in [1.29, 1.82) is 0 Å². The predicted octanol–water partition coefficient (Wildman–Crippen LogP) is 2.39. The lowest BCUT2D eigenvalue weighted by atomic mass is 10.3. The van der Waals surface area contributed by atoms with Crippen LogP contribution >= 0.6 is 0 Å². The zero-order valence-corrected chi connectivity index (χ0v) is 7.19. The molecule has 0 aliphatic carbocycles. The van der Waals surface area contributed by atoms with Gasteiger partial charge < -0.3 is 4.98 Å². The van der Waals surface area contributed by atoms with Gasteiger partial charge in [-0.1, -0.05) is 17.3 Å². The van der Waals surface area contributed by atoms with Crippen molar-refractivity contribution in [2.24, 2.45) is 5.18 Å². The normalized spacial score (nSPS) is 13.0. The summed E-state index contributed by atoms with van der Waals surface area (Å²) < 4.78 is 0. The van der Waals surface area contributed by atoms with E-state index in [2.05, 4.69) is 15.1 Å². The van der Waals surface area contributed by atoms with Gasteiger partial charge in [0.15, 0.2) is 0 Å². The Hall–Kier alpha value is -1.71. The number of aromatic nitrogens is 2. The molecule has 1 N–H and O–H groups in total. The van der Waals surface area contributed by atoms with E-state index in [-0.39, 0.29) is 0 Å². The summed E-state index contributed by atoms with van der Waals surface area (Å²) >= 11 is 0. The number of para-hydroxylation sites is 2. The molecule has 0 spiro atoms. The molecule has 13 heavy (non-hydrogen) atoms. The number of benzene rings is 1. The van der Waals surface area contributed by atoms with Crippen LogP contribution < -0.4 is 0 Å². The third-order valence-corrected chi connectivity index (χ3v) is 1.96. The second kappa shape index (κ2) is 2.97. The first-order valence-corrected chi connectivity index (χ1v) is 4.08. The molecule has 0 fully saturated rings. The topological polar surface area (TPSA) is 58.1 Å². The van der Waals surface area contributed by atoms with E-state index in [4.69, 9.17) is 0 Å². The van der Waals surface area contributed by atoms with Crippen LogP contribution in [-0.2, 0) is 0 Å². The quantitative estimate of drug-likeness (QED) is 0.712. The average molecular weight is 175 g/mol. The number of rotatable bonds is 2. The van der Waals surface area contributed by atoms with Crippen LogP contribution in [-0.4, -0.2) is 9.97 Å². The van der Waals surface area contributed by atoms with Gasteiger partial charge in [0.05, 0.1) is 11.0 Å². The Morgan fingerprint density at radius 2 is 2.23 bits per heavy atom. The number of aromatic amines is 1. The highest BCUT2D eigenvalue weighted by atomic mass is 16.3. The number of hydrogen-bond donors (Lipinski definition) is 1. The van der Waals surface area contributed by atoms with Gasteiger partial charge in [0.2, 0.25) is 0 Å². The average Bonchev–Trinajstić information content (AvgIpc) is 2.59. The molecule has 2 aromatic rings. The summed E-state index contributed by atoms with van der Waals surface area (Å²) in [6.45, 7) is 1.71. The first-order valence-electron chi connectivity index (χ1n) is 4.08. The van der Waals surface area contributed by atoms with Crippen LogP contribution in [0.1, 0.15) is 18.8 Å². The molecule has 0 radical (unpaired) electrons. The van der Waals surface area contributed by atoms with Gasteiger partial charge in [-0.25, -0.2) is 4.98 Å². The van der Waals surface area contributed by atoms with Crippen LogP contribution in [0.3, 0.4) is 0 Å². The Kier molecular flexibility index (Phi) is 1.81. The maximum atomic E-state index is 10.3. The lowest BCUT2D eigenvalue weighted by molar-refractivity contribution is 0.755. The number of nitrogens with one attached hydrogen (secondary N) is 1. The van der Waals surface area contributed by atoms with Crippen LogP contribution in [0.25, 0.3) is 11.0 Å². The van der Waals surface area contributed by atoms with Crippen molar-refractivity contribution < 1.29 is 0 Å². The summed E-state index contributed by atoms with van der Waals surface area (Å²) in [4.78, 5) is 17.5. The van der Waals surface area contributed by atoms with Gasteiger partial charge in [-0.3, -0.25) is 0 Å². The van der Waals surface area contributed by atoms with Gasteiger partial charge in [0.1, 0.15) is 11.9 Å². The summed E-state index contributed by atoms with van der Waals surface area (Å²) in [5, 5.41) is 2.91. The summed E-state index contributed by atoms with van der Waals surface area (Å²) in [6.07, 6.45) is 0. The molecule has 1 atom stereocenters. The fraction of sp³-hybridized carbons (Fsp3) is 0.222. The summed E-state index contributed by atoms with van der Waals surface area (Å²) in [6, 6.07) is 7.23. The van der Waals surface area contributed by atoms with Crippen LogP contribution in [0.4, 0.5) is 0 Å².